The number of H-pyrrole nitrogens is 1. The molecule has 1 amide bonds. The largest absolute Gasteiger partial charge is 0.325 e. The number of hydrogen-bond acceptors (Lipinski definition) is 5. The fourth-order valence-corrected chi connectivity index (χ4v) is 3.61. The molecule has 0 aliphatic rings. The number of aromatic amines is 1. The van der Waals surface area contributed by atoms with Crippen molar-refractivity contribution in [3.05, 3.63) is 46.8 Å². The van der Waals surface area contributed by atoms with Crippen molar-refractivity contribution in [2.45, 2.75) is 31.2 Å². The van der Waals surface area contributed by atoms with Gasteiger partial charge in [-0.2, -0.15) is 0 Å². The number of hydrogen-bond donors (Lipinski definition) is 2. The van der Waals surface area contributed by atoms with E-state index >= 15 is 0 Å². The number of rotatable bonds is 5. The highest BCUT2D eigenvalue weighted by Gasteiger charge is 2.18. The summed E-state index contributed by atoms with van der Waals surface area (Å²) >= 11 is 2.93. The van der Waals surface area contributed by atoms with E-state index in [2.05, 4.69) is 26.6 Å². The highest BCUT2D eigenvalue weighted by molar-refractivity contribution is 8.00. The maximum atomic E-state index is 12.4. The van der Waals surface area contributed by atoms with Gasteiger partial charge in [-0.25, -0.2) is 4.98 Å². The van der Waals surface area contributed by atoms with Gasteiger partial charge >= 0.3 is 0 Å². The Bertz CT molecular complexity index is 842. The average Bonchev–Trinajstić information content (AvgIpc) is 3.20. The van der Waals surface area contributed by atoms with Crippen LogP contribution < -0.4 is 5.32 Å². The van der Waals surface area contributed by atoms with Gasteiger partial charge in [0.15, 0.2) is 5.82 Å². The van der Waals surface area contributed by atoms with Crippen molar-refractivity contribution in [1.82, 2.24) is 15.2 Å². The minimum atomic E-state index is -0.294. The molecule has 0 radical (unpaired) electrons. The zero-order chi connectivity index (χ0) is 17.1. The van der Waals surface area contributed by atoms with Crippen LogP contribution in [0.3, 0.4) is 0 Å². The number of nitrogens with zero attached hydrogens (tertiary/aromatic N) is 2. The summed E-state index contributed by atoms with van der Waals surface area (Å²) in [6, 6.07) is 9.92. The first-order chi connectivity index (χ1) is 11.5. The molecular formula is C17H18N4OS2. The number of thioether (sulfide) groups is 1. The second-order valence-corrected chi connectivity index (χ2v) is 7.77. The predicted octanol–water partition coefficient (Wildman–Crippen LogP) is 4.27. The Balaban J connectivity index is 1.64. The number of nitrogens with one attached hydrogen (secondary N) is 2. The number of carbonyl (C=O) groups is 1. The molecule has 1 atom stereocenters. The van der Waals surface area contributed by atoms with Gasteiger partial charge in [0.2, 0.25) is 11.1 Å². The summed E-state index contributed by atoms with van der Waals surface area (Å²) < 4.78 is 0. The number of amides is 1. The first-order valence-corrected chi connectivity index (χ1v) is 9.30. The molecule has 0 unspecified atom stereocenters. The SMILES string of the molecule is Cc1ccc(NC(=O)[C@H](C)Sc2n[nH]c(-c3cccs3)n2)c(C)c1. The highest BCUT2D eigenvalue weighted by Crippen LogP contribution is 2.26. The topological polar surface area (TPSA) is 70.7 Å². The second kappa shape index (κ2) is 7.19. The smallest absolute Gasteiger partial charge is 0.237 e. The summed E-state index contributed by atoms with van der Waals surface area (Å²) in [6.45, 7) is 5.87. The molecule has 3 rings (SSSR count). The summed E-state index contributed by atoms with van der Waals surface area (Å²) in [5.41, 5.74) is 3.07. The van der Waals surface area contributed by atoms with E-state index in [4.69, 9.17) is 0 Å². The number of anilines is 1. The predicted molar refractivity (Wildman–Crippen MR) is 99.6 cm³/mol. The Labute approximate surface area is 148 Å². The monoisotopic (exact) mass is 358 g/mol. The quantitative estimate of drug-likeness (QED) is 0.668. The molecule has 0 aliphatic carbocycles. The van der Waals surface area contributed by atoms with Crippen molar-refractivity contribution < 1.29 is 4.79 Å². The van der Waals surface area contributed by atoms with Gasteiger partial charge in [0, 0.05) is 5.69 Å². The van der Waals surface area contributed by atoms with Gasteiger partial charge in [-0.05, 0) is 43.8 Å². The first-order valence-electron chi connectivity index (χ1n) is 7.54. The number of thiophene rings is 1. The van der Waals surface area contributed by atoms with Crippen LogP contribution in [0.15, 0.2) is 40.9 Å². The van der Waals surface area contributed by atoms with E-state index in [1.165, 1.54) is 17.3 Å². The van der Waals surface area contributed by atoms with Crippen LogP contribution in [0.25, 0.3) is 10.7 Å². The molecule has 124 valence electrons. The molecule has 0 saturated carbocycles. The van der Waals surface area contributed by atoms with E-state index in [1.54, 1.807) is 11.3 Å². The third kappa shape index (κ3) is 3.85. The summed E-state index contributed by atoms with van der Waals surface area (Å²) in [7, 11) is 0. The minimum Gasteiger partial charge on any atom is -0.325 e. The third-order valence-electron chi connectivity index (χ3n) is 3.51. The van der Waals surface area contributed by atoms with Gasteiger partial charge in [0.25, 0.3) is 0 Å². The van der Waals surface area contributed by atoms with E-state index in [0.717, 1.165) is 22.0 Å². The van der Waals surface area contributed by atoms with E-state index in [0.29, 0.717) is 5.16 Å². The Kier molecular flexibility index (Phi) is 5.01. The first kappa shape index (κ1) is 16.7. The van der Waals surface area contributed by atoms with Crippen molar-refractivity contribution >= 4 is 34.7 Å². The zero-order valence-corrected chi connectivity index (χ0v) is 15.3. The maximum Gasteiger partial charge on any atom is 0.237 e. The van der Waals surface area contributed by atoms with Gasteiger partial charge in [-0.3, -0.25) is 9.89 Å². The zero-order valence-electron chi connectivity index (χ0n) is 13.7. The van der Waals surface area contributed by atoms with Crippen molar-refractivity contribution in [2.75, 3.05) is 5.32 Å². The molecule has 0 saturated heterocycles. The van der Waals surface area contributed by atoms with Crippen molar-refractivity contribution in [3.8, 4) is 10.7 Å². The Hall–Kier alpha value is -2.12. The molecule has 7 heteroatoms. The Morgan fingerprint density at radius 3 is 2.88 bits per heavy atom. The normalized spacial score (nSPS) is 12.1. The molecule has 24 heavy (non-hydrogen) atoms. The van der Waals surface area contributed by atoms with Crippen LogP contribution in [-0.2, 0) is 4.79 Å². The summed E-state index contributed by atoms with van der Waals surface area (Å²) in [4.78, 5) is 17.9. The van der Waals surface area contributed by atoms with Gasteiger partial charge in [0.05, 0.1) is 10.1 Å². The Morgan fingerprint density at radius 1 is 1.33 bits per heavy atom. The average molecular weight is 358 g/mol. The summed E-state index contributed by atoms with van der Waals surface area (Å²) in [6.07, 6.45) is 0. The summed E-state index contributed by atoms with van der Waals surface area (Å²) in [5, 5.41) is 12.3. The van der Waals surface area contributed by atoms with Crippen molar-refractivity contribution in [1.29, 1.82) is 0 Å². The maximum absolute atomic E-state index is 12.4. The van der Waals surface area contributed by atoms with Crippen LogP contribution in [-0.4, -0.2) is 26.3 Å². The van der Waals surface area contributed by atoms with Gasteiger partial charge in [-0.1, -0.05) is 35.5 Å². The van der Waals surface area contributed by atoms with Crippen LogP contribution in [0, 0.1) is 13.8 Å². The lowest BCUT2D eigenvalue weighted by atomic mass is 10.1. The third-order valence-corrected chi connectivity index (χ3v) is 5.35. The molecule has 1 aromatic carbocycles. The standard InChI is InChI=1S/C17H18N4OS2/c1-10-6-7-13(11(2)9-10)18-16(22)12(3)24-17-19-15(20-21-17)14-5-4-8-23-14/h4-9,12H,1-3H3,(H,18,22)(H,19,20,21)/t12-/m0/s1. The highest BCUT2D eigenvalue weighted by atomic mass is 32.2. The molecule has 2 aromatic heterocycles. The van der Waals surface area contributed by atoms with Gasteiger partial charge < -0.3 is 5.32 Å². The summed E-state index contributed by atoms with van der Waals surface area (Å²) in [5.74, 6) is 0.670. The van der Waals surface area contributed by atoms with Crippen LogP contribution >= 0.6 is 23.1 Å². The van der Waals surface area contributed by atoms with E-state index in [-0.39, 0.29) is 11.2 Å². The van der Waals surface area contributed by atoms with Crippen LogP contribution in [0.5, 0.6) is 0 Å². The number of aromatic nitrogens is 3. The lowest BCUT2D eigenvalue weighted by Crippen LogP contribution is -2.23. The van der Waals surface area contributed by atoms with E-state index in [1.807, 2.05) is 50.4 Å². The molecule has 5 nitrogen and oxygen atoms in total. The molecule has 3 aromatic rings. The molecule has 2 heterocycles. The molecule has 0 fully saturated rings. The fraction of sp³-hybridized carbons (Fsp3) is 0.235. The van der Waals surface area contributed by atoms with E-state index in [9.17, 15) is 4.79 Å². The van der Waals surface area contributed by atoms with Crippen LogP contribution in [0.4, 0.5) is 5.69 Å². The second-order valence-electron chi connectivity index (χ2n) is 5.51. The number of carbonyl (C=O) groups excluding carboxylic acids is 1. The molecule has 0 aliphatic heterocycles. The van der Waals surface area contributed by atoms with Crippen LogP contribution in [0.1, 0.15) is 18.1 Å². The fourth-order valence-electron chi connectivity index (χ4n) is 2.22. The lowest BCUT2D eigenvalue weighted by Gasteiger charge is -2.12. The number of benzene rings is 1. The molecule has 0 spiro atoms. The minimum absolute atomic E-state index is 0.0607. The number of aryl methyl sites for hydroxylation is 2. The van der Waals surface area contributed by atoms with Gasteiger partial charge in [-0.15, -0.1) is 16.4 Å². The Morgan fingerprint density at radius 2 is 2.17 bits per heavy atom. The van der Waals surface area contributed by atoms with Crippen molar-refractivity contribution in [2.24, 2.45) is 0 Å². The lowest BCUT2D eigenvalue weighted by molar-refractivity contribution is -0.115. The molecule has 2 N–H and O–H groups in total. The molecular weight excluding hydrogens is 340 g/mol. The molecule has 0 bridgehead atoms. The van der Waals surface area contributed by atoms with Crippen molar-refractivity contribution in [3.63, 3.8) is 0 Å². The van der Waals surface area contributed by atoms with E-state index < -0.39 is 0 Å². The van der Waals surface area contributed by atoms with Gasteiger partial charge in [0.1, 0.15) is 0 Å². The van der Waals surface area contributed by atoms with Crippen LogP contribution in [0.2, 0.25) is 0 Å².